The van der Waals surface area contributed by atoms with Crippen molar-refractivity contribution in [1.29, 1.82) is 0 Å². The zero-order valence-electron chi connectivity index (χ0n) is 15.6. The summed E-state index contributed by atoms with van der Waals surface area (Å²) in [4.78, 5) is 30.4. The van der Waals surface area contributed by atoms with Crippen LogP contribution in [0.2, 0.25) is 0 Å². The van der Waals surface area contributed by atoms with Crippen molar-refractivity contribution in [3.8, 4) is 0 Å². The molecule has 0 spiro atoms. The average Bonchev–Trinajstić information content (AvgIpc) is 3.50. The van der Waals surface area contributed by atoms with Crippen LogP contribution in [0.25, 0.3) is 11.0 Å². The molecule has 0 bridgehead atoms. The van der Waals surface area contributed by atoms with Gasteiger partial charge < -0.3 is 15.2 Å². The zero-order valence-corrected chi connectivity index (χ0v) is 16.5. The van der Waals surface area contributed by atoms with Gasteiger partial charge in [-0.15, -0.1) is 11.8 Å². The van der Waals surface area contributed by atoms with Gasteiger partial charge in [-0.1, -0.05) is 18.2 Å². The Labute approximate surface area is 167 Å². The van der Waals surface area contributed by atoms with Gasteiger partial charge in [-0.2, -0.15) is 0 Å². The van der Waals surface area contributed by atoms with E-state index < -0.39 is 0 Å². The molecule has 3 aromatic rings. The first-order chi connectivity index (χ1) is 13.6. The molecule has 2 amide bonds. The number of aromatic nitrogens is 2. The van der Waals surface area contributed by atoms with Gasteiger partial charge in [-0.25, -0.2) is 4.98 Å². The largest absolute Gasteiger partial charge is 0.349 e. The summed E-state index contributed by atoms with van der Waals surface area (Å²) in [6.45, 7) is 0.456. The fourth-order valence-electron chi connectivity index (χ4n) is 3.14. The molecule has 2 N–H and O–H groups in total. The van der Waals surface area contributed by atoms with Gasteiger partial charge >= 0.3 is 0 Å². The Morgan fingerprint density at radius 1 is 1.18 bits per heavy atom. The molecule has 2 aromatic carbocycles. The number of thioether (sulfide) groups is 1. The van der Waals surface area contributed by atoms with Gasteiger partial charge in [0.2, 0.25) is 11.8 Å². The van der Waals surface area contributed by atoms with Crippen molar-refractivity contribution in [2.24, 2.45) is 5.92 Å². The second-order valence-corrected chi connectivity index (χ2v) is 7.75. The third kappa shape index (κ3) is 4.20. The first-order valence-electron chi connectivity index (χ1n) is 9.30. The number of hydrogen-bond acceptors (Lipinski definition) is 4. The lowest BCUT2D eigenvalue weighted by molar-refractivity contribution is -0.122. The van der Waals surface area contributed by atoms with Gasteiger partial charge in [0.1, 0.15) is 12.4 Å². The zero-order chi connectivity index (χ0) is 19.5. The maximum Gasteiger partial charge on any atom is 0.244 e. The number of anilines is 1. The van der Waals surface area contributed by atoms with Crippen LogP contribution < -0.4 is 10.6 Å². The van der Waals surface area contributed by atoms with E-state index in [4.69, 9.17) is 0 Å². The highest BCUT2D eigenvalue weighted by atomic mass is 32.2. The molecule has 0 radical (unpaired) electrons. The second kappa shape index (κ2) is 8.06. The summed E-state index contributed by atoms with van der Waals surface area (Å²) in [7, 11) is 0. The number of nitrogens with zero attached hydrogens (tertiary/aromatic N) is 2. The number of nitrogens with one attached hydrogen (secondary N) is 2. The Hall–Kier alpha value is -2.80. The van der Waals surface area contributed by atoms with Crippen molar-refractivity contribution < 1.29 is 9.59 Å². The van der Waals surface area contributed by atoms with Crippen LogP contribution in [0.4, 0.5) is 5.69 Å². The highest BCUT2D eigenvalue weighted by Crippen LogP contribution is 2.29. The van der Waals surface area contributed by atoms with E-state index in [1.165, 1.54) is 0 Å². The maximum absolute atomic E-state index is 12.7. The van der Waals surface area contributed by atoms with Crippen molar-refractivity contribution in [2.45, 2.75) is 30.8 Å². The standard InChI is InChI=1S/C21H22N4O2S/c1-28-16-6-4-5-15(11-16)23-20(26)13-25-18-8-3-2-7-17(18)24-19(25)12-22-21(27)14-9-10-14/h2-8,11,14H,9-10,12-13H2,1H3,(H,22,27)(H,23,26). The van der Waals surface area contributed by atoms with Crippen molar-refractivity contribution >= 4 is 40.3 Å². The van der Waals surface area contributed by atoms with Crippen LogP contribution in [0.5, 0.6) is 0 Å². The Morgan fingerprint density at radius 2 is 2.00 bits per heavy atom. The first kappa shape index (κ1) is 18.6. The van der Waals surface area contributed by atoms with Crippen molar-refractivity contribution in [3.63, 3.8) is 0 Å². The van der Waals surface area contributed by atoms with Gasteiger partial charge in [0, 0.05) is 16.5 Å². The summed E-state index contributed by atoms with van der Waals surface area (Å²) in [6, 6.07) is 15.4. The first-order valence-corrected chi connectivity index (χ1v) is 10.5. The van der Waals surface area contributed by atoms with E-state index in [1.54, 1.807) is 11.8 Å². The molecule has 28 heavy (non-hydrogen) atoms. The summed E-state index contributed by atoms with van der Waals surface area (Å²) in [5.74, 6) is 0.765. The fraction of sp³-hybridized carbons (Fsp3) is 0.286. The number of imidazole rings is 1. The molecule has 6 nitrogen and oxygen atoms in total. The molecule has 1 aliphatic carbocycles. The van der Waals surface area contributed by atoms with E-state index in [1.807, 2.05) is 59.4 Å². The van der Waals surface area contributed by atoms with Crippen LogP contribution in [-0.2, 0) is 22.7 Å². The van der Waals surface area contributed by atoms with Gasteiger partial charge in [-0.3, -0.25) is 9.59 Å². The Balaban J connectivity index is 1.53. The molecule has 1 aliphatic rings. The lowest BCUT2D eigenvalue weighted by Crippen LogP contribution is -2.27. The van der Waals surface area contributed by atoms with Crippen LogP contribution in [0.3, 0.4) is 0 Å². The molecule has 7 heteroatoms. The Kier molecular flexibility index (Phi) is 5.34. The molecular formula is C21H22N4O2S. The number of rotatable bonds is 7. The molecular weight excluding hydrogens is 372 g/mol. The minimum absolute atomic E-state index is 0.0666. The molecule has 1 heterocycles. The van der Waals surface area contributed by atoms with Gasteiger partial charge in [0.15, 0.2) is 0 Å². The summed E-state index contributed by atoms with van der Waals surface area (Å²) >= 11 is 1.63. The normalized spacial score (nSPS) is 13.5. The number of hydrogen-bond donors (Lipinski definition) is 2. The average molecular weight is 395 g/mol. The van der Waals surface area contributed by atoms with Crippen molar-refractivity contribution in [2.75, 3.05) is 11.6 Å². The predicted octanol–water partition coefficient (Wildman–Crippen LogP) is 3.42. The molecule has 0 atom stereocenters. The third-order valence-corrected chi connectivity index (χ3v) is 5.48. The molecule has 0 unspecified atom stereocenters. The minimum Gasteiger partial charge on any atom is -0.349 e. The van der Waals surface area contributed by atoms with Crippen LogP contribution in [0.1, 0.15) is 18.7 Å². The van der Waals surface area contributed by atoms with Gasteiger partial charge in [0.05, 0.1) is 17.6 Å². The van der Waals surface area contributed by atoms with Crippen molar-refractivity contribution in [1.82, 2.24) is 14.9 Å². The van der Waals surface area contributed by atoms with Crippen molar-refractivity contribution in [3.05, 3.63) is 54.4 Å². The summed E-state index contributed by atoms with van der Waals surface area (Å²) < 4.78 is 1.87. The third-order valence-electron chi connectivity index (χ3n) is 4.76. The van der Waals surface area contributed by atoms with E-state index in [2.05, 4.69) is 15.6 Å². The predicted molar refractivity (Wildman–Crippen MR) is 111 cm³/mol. The van der Waals surface area contributed by atoms with Crippen LogP contribution in [0.15, 0.2) is 53.4 Å². The quantitative estimate of drug-likeness (QED) is 0.602. The van der Waals surface area contributed by atoms with Crippen LogP contribution in [0, 0.1) is 5.92 Å². The van der Waals surface area contributed by atoms with Crippen LogP contribution >= 0.6 is 11.8 Å². The van der Waals surface area contributed by atoms with E-state index >= 15 is 0 Å². The maximum atomic E-state index is 12.7. The van der Waals surface area contributed by atoms with E-state index in [0.29, 0.717) is 12.4 Å². The lowest BCUT2D eigenvalue weighted by Gasteiger charge is -2.11. The summed E-state index contributed by atoms with van der Waals surface area (Å²) in [5, 5.41) is 5.90. The Morgan fingerprint density at radius 3 is 2.79 bits per heavy atom. The monoisotopic (exact) mass is 394 g/mol. The number of carbonyl (C=O) groups excluding carboxylic acids is 2. The topological polar surface area (TPSA) is 76.0 Å². The molecule has 1 fully saturated rings. The summed E-state index contributed by atoms with van der Waals surface area (Å²) in [5.41, 5.74) is 2.46. The lowest BCUT2D eigenvalue weighted by atomic mass is 10.3. The highest BCUT2D eigenvalue weighted by Gasteiger charge is 2.29. The SMILES string of the molecule is CSc1cccc(NC(=O)Cn2c(CNC(=O)C3CC3)nc3ccccc32)c1. The number of carbonyl (C=O) groups is 2. The molecule has 144 valence electrons. The molecule has 0 saturated heterocycles. The van der Waals surface area contributed by atoms with Gasteiger partial charge in [-0.05, 0) is 49.4 Å². The number of para-hydroxylation sites is 2. The van der Waals surface area contributed by atoms with E-state index in [-0.39, 0.29) is 24.3 Å². The highest BCUT2D eigenvalue weighted by molar-refractivity contribution is 7.98. The molecule has 4 rings (SSSR count). The van der Waals surface area contributed by atoms with Gasteiger partial charge in [0.25, 0.3) is 0 Å². The molecule has 0 aliphatic heterocycles. The molecule has 1 aromatic heterocycles. The molecule has 1 saturated carbocycles. The second-order valence-electron chi connectivity index (χ2n) is 6.88. The van der Waals surface area contributed by atoms with E-state index in [9.17, 15) is 9.59 Å². The number of benzene rings is 2. The summed E-state index contributed by atoms with van der Waals surface area (Å²) in [6.07, 6.45) is 3.92. The number of amides is 2. The fourth-order valence-corrected chi connectivity index (χ4v) is 3.60. The number of fused-ring (bicyclic) bond motifs is 1. The Bertz CT molecular complexity index is 1030. The van der Waals surface area contributed by atoms with E-state index in [0.717, 1.165) is 34.5 Å². The van der Waals surface area contributed by atoms with Crippen LogP contribution in [-0.4, -0.2) is 27.6 Å². The smallest absolute Gasteiger partial charge is 0.244 e. The minimum atomic E-state index is -0.129.